The number of thiazole rings is 1. The van der Waals surface area contributed by atoms with Crippen LogP contribution in [0.25, 0.3) is 0 Å². The summed E-state index contributed by atoms with van der Waals surface area (Å²) in [4.78, 5) is 27.1. The number of amides is 2. The van der Waals surface area contributed by atoms with E-state index in [-0.39, 0.29) is 24.0 Å². The first kappa shape index (κ1) is 14.0. The molecule has 0 aliphatic heterocycles. The Balaban J connectivity index is 1.99. The largest absolute Gasteiger partial charge is 0.479 e. The minimum Gasteiger partial charge on any atom is -0.479 e. The molecule has 8 nitrogen and oxygen atoms in total. The van der Waals surface area contributed by atoms with Crippen LogP contribution in [0.3, 0.4) is 0 Å². The molecule has 2 rings (SSSR count). The highest BCUT2D eigenvalue weighted by molar-refractivity contribution is 7.14. The fourth-order valence-corrected chi connectivity index (χ4v) is 2.02. The molecule has 9 heteroatoms. The van der Waals surface area contributed by atoms with Crippen LogP contribution >= 0.6 is 11.3 Å². The van der Waals surface area contributed by atoms with Gasteiger partial charge in [0.25, 0.3) is 11.8 Å². The third-order valence-electron chi connectivity index (χ3n) is 2.31. The third-order valence-corrected chi connectivity index (χ3v) is 3.12. The van der Waals surface area contributed by atoms with Crippen molar-refractivity contribution in [1.29, 1.82) is 0 Å². The standard InChI is InChI=1S/C11H12N4O4S/c1-12-8(16)3-6-5-20-11(13-6)14-10(17)7-4-9(18-2)15-19-7/h4-5H,3H2,1-2H3,(H,12,16)(H,13,14,17). The molecule has 0 aliphatic rings. The van der Waals surface area contributed by atoms with Crippen LogP contribution in [0.2, 0.25) is 0 Å². The summed E-state index contributed by atoms with van der Waals surface area (Å²) in [5.74, 6) is -0.394. The number of carbonyl (C=O) groups is 2. The van der Waals surface area contributed by atoms with Gasteiger partial charge in [-0.15, -0.1) is 11.3 Å². The van der Waals surface area contributed by atoms with Gasteiger partial charge in [0.15, 0.2) is 5.13 Å². The van der Waals surface area contributed by atoms with E-state index >= 15 is 0 Å². The Bertz CT molecular complexity index is 621. The summed E-state index contributed by atoms with van der Waals surface area (Å²) in [7, 11) is 2.97. The van der Waals surface area contributed by atoms with Gasteiger partial charge < -0.3 is 14.6 Å². The zero-order chi connectivity index (χ0) is 14.5. The number of nitrogens with zero attached hydrogens (tertiary/aromatic N) is 2. The lowest BCUT2D eigenvalue weighted by molar-refractivity contribution is -0.120. The Hall–Kier alpha value is -2.42. The van der Waals surface area contributed by atoms with Crippen molar-refractivity contribution >= 4 is 28.3 Å². The number of hydrogen-bond donors (Lipinski definition) is 2. The summed E-state index contributed by atoms with van der Waals surface area (Å²) in [6.45, 7) is 0. The van der Waals surface area contributed by atoms with Crippen LogP contribution in [0.1, 0.15) is 16.2 Å². The molecule has 0 radical (unpaired) electrons. The number of rotatable bonds is 5. The van der Waals surface area contributed by atoms with E-state index in [4.69, 9.17) is 9.26 Å². The number of carbonyl (C=O) groups excluding carboxylic acids is 2. The summed E-state index contributed by atoms with van der Waals surface area (Å²) in [5.41, 5.74) is 0.583. The Morgan fingerprint density at radius 1 is 1.50 bits per heavy atom. The van der Waals surface area contributed by atoms with Crippen LogP contribution in [0, 0.1) is 0 Å². The second-order valence-corrected chi connectivity index (χ2v) is 4.54. The van der Waals surface area contributed by atoms with Crippen LogP contribution < -0.4 is 15.4 Å². The van der Waals surface area contributed by atoms with E-state index < -0.39 is 5.91 Å². The van der Waals surface area contributed by atoms with E-state index in [2.05, 4.69) is 20.8 Å². The summed E-state index contributed by atoms with van der Waals surface area (Å²) in [5, 5.41) is 10.7. The molecule has 106 valence electrons. The predicted octanol–water partition coefficient (Wildman–Crippen LogP) is 0.680. The zero-order valence-electron chi connectivity index (χ0n) is 10.8. The fourth-order valence-electron chi connectivity index (χ4n) is 1.32. The van der Waals surface area contributed by atoms with Gasteiger partial charge in [-0.3, -0.25) is 14.9 Å². The van der Waals surface area contributed by atoms with E-state index in [1.54, 1.807) is 12.4 Å². The molecular formula is C11H12N4O4S. The van der Waals surface area contributed by atoms with Crippen LogP contribution in [0.15, 0.2) is 16.0 Å². The summed E-state index contributed by atoms with van der Waals surface area (Å²) < 4.78 is 9.62. The number of ether oxygens (including phenoxy) is 1. The maximum atomic E-state index is 11.8. The molecule has 0 saturated heterocycles. The molecule has 20 heavy (non-hydrogen) atoms. The minimum absolute atomic E-state index is 0.0184. The van der Waals surface area contributed by atoms with Gasteiger partial charge in [0.1, 0.15) is 0 Å². The predicted molar refractivity (Wildman–Crippen MR) is 70.9 cm³/mol. The number of aromatic nitrogens is 2. The van der Waals surface area contributed by atoms with Gasteiger partial charge in [-0.2, -0.15) is 0 Å². The zero-order valence-corrected chi connectivity index (χ0v) is 11.6. The van der Waals surface area contributed by atoms with Gasteiger partial charge in [0.2, 0.25) is 11.7 Å². The first-order chi connectivity index (χ1) is 9.62. The number of nitrogens with one attached hydrogen (secondary N) is 2. The SMILES string of the molecule is CNC(=O)Cc1csc(NC(=O)c2cc(OC)no2)n1. The van der Waals surface area contributed by atoms with E-state index in [9.17, 15) is 9.59 Å². The van der Waals surface area contributed by atoms with E-state index in [1.807, 2.05) is 0 Å². The lowest BCUT2D eigenvalue weighted by atomic mass is 10.3. The number of anilines is 1. The summed E-state index contributed by atoms with van der Waals surface area (Å²) in [6, 6.07) is 1.37. The molecule has 0 bridgehead atoms. The molecule has 2 aromatic heterocycles. The quantitative estimate of drug-likeness (QED) is 0.840. The maximum absolute atomic E-state index is 11.8. The molecule has 2 N–H and O–H groups in total. The lowest BCUT2D eigenvalue weighted by Gasteiger charge is -1.97. The van der Waals surface area contributed by atoms with Gasteiger partial charge in [-0.1, -0.05) is 0 Å². The van der Waals surface area contributed by atoms with Crippen LogP contribution in [0.5, 0.6) is 5.88 Å². The molecule has 0 unspecified atom stereocenters. The normalized spacial score (nSPS) is 10.1. The average molecular weight is 296 g/mol. The second-order valence-electron chi connectivity index (χ2n) is 3.68. The monoisotopic (exact) mass is 296 g/mol. The first-order valence-corrected chi connectivity index (χ1v) is 6.47. The Kier molecular flexibility index (Phi) is 4.31. The van der Waals surface area contributed by atoms with Crippen molar-refractivity contribution in [3.05, 3.63) is 22.9 Å². The van der Waals surface area contributed by atoms with Crippen molar-refractivity contribution in [3.63, 3.8) is 0 Å². The van der Waals surface area contributed by atoms with E-state index in [0.29, 0.717) is 10.8 Å². The fraction of sp³-hybridized carbons (Fsp3) is 0.273. The highest BCUT2D eigenvalue weighted by Gasteiger charge is 2.15. The molecule has 0 saturated carbocycles. The third kappa shape index (κ3) is 3.32. The second kappa shape index (κ2) is 6.15. The van der Waals surface area contributed by atoms with Crippen LogP contribution in [0.4, 0.5) is 5.13 Å². The number of likely N-dealkylation sites (N-methyl/N-ethyl adjacent to an activating group) is 1. The Labute approximate surface area is 118 Å². The summed E-state index contributed by atoms with van der Waals surface area (Å²) in [6.07, 6.45) is 0.166. The van der Waals surface area contributed by atoms with Crippen molar-refractivity contribution in [2.24, 2.45) is 0 Å². The van der Waals surface area contributed by atoms with Gasteiger partial charge in [-0.25, -0.2) is 4.98 Å². The highest BCUT2D eigenvalue weighted by atomic mass is 32.1. The van der Waals surface area contributed by atoms with Gasteiger partial charge in [0, 0.05) is 12.4 Å². The lowest BCUT2D eigenvalue weighted by Crippen LogP contribution is -2.20. The van der Waals surface area contributed by atoms with Crippen LogP contribution in [-0.2, 0) is 11.2 Å². The molecular weight excluding hydrogens is 284 g/mol. The van der Waals surface area contributed by atoms with E-state index in [1.165, 1.54) is 24.5 Å². The van der Waals surface area contributed by atoms with Gasteiger partial charge in [-0.05, 0) is 5.16 Å². The van der Waals surface area contributed by atoms with E-state index in [0.717, 1.165) is 0 Å². The van der Waals surface area contributed by atoms with Gasteiger partial charge >= 0.3 is 0 Å². The highest BCUT2D eigenvalue weighted by Crippen LogP contribution is 2.18. The Morgan fingerprint density at radius 3 is 2.95 bits per heavy atom. The minimum atomic E-state index is -0.485. The van der Waals surface area contributed by atoms with Crippen molar-refractivity contribution in [2.75, 3.05) is 19.5 Å². The van der Waals surface area contributed by atoms with Crippen molar-refractivity contribution in [2.45, 2.75) is 6.42 Å². The van der Waals surface area contributed by atoms with Gasteiger partial charge in [0.05, 0.1) is 25.3 Å². The Morgan fingerprint density at radius 2 is 2.30 bits per heavy atom. The summed E-state index contributed by atoms with van der Waals surface area (Å²) >= 11 is 1.22. The molecule has 0 fully saturated rings. The van der Waals surface area contributed by atoms with Crippen LogP contribution in [-0.4, -0.2) is 36.1 Å². The molecule has 0 atom stereocenters. The van der Waals surface area contributed by atoms with Crippen molar-refractivity contribution < 1.29 is 18.8 Å². The smallest absolute Gasteiger partial charge is 0.296 e. The van der Waals surface area contributed by atoms with Crippen molar-refractivity contribution in [3.8, 4) is 5.88 Å². The molecule has 0 aliphatic carbocycles. The molecule has 0 spiro atoms. The average Bonchev–Trinajstić information content (AvgIpc) is 3.07. The number of methoxy groups -OCH3 is 1. The molecule has 0 aromatic carbocycles. The first-order valence-electron chi connectivity index (χ1n) is 5.59. The molecule has 2 aromatic rings. The number of hydrogen-bond acceptors (Lipinski definition) is 7. The maximum Gasteiger partial charge on any atom is 0.296 e. The molecule has 2 heterocycles. The topological polar surface area (TPSA) is 106 Å². The molecule has 2 amide bonds. The van der Waals surface area contributed by atoms with Crippen molar-refractivity contribution in [1.82, 2.24) is 15.5 Å².